The van der Waals surface area contributed by atoms with Crippen LogP contribution in [0, 0.1) is 0 Å². The minimum absolute atomic E-state index is 0.00126. The number of guanidine groups is 1. The highest BCUT2D eigenvalue weighted by atomic mass is 32.1. The molecule has 1 heterocycles. The van der Waals surface area contributed by atoms with Gasteiger partial charge in [0.05, 0.1) is 18.5 Å². The fraction of sp³-hybridized carbons (Fsp3) is 0.314. The predicted molar refractivity (Wildman–Crippen MR) is 264 cm³/mol. The van der Waals surface area contributed by atoms with Gasteiger partial charge in [-0.05, 0) is 47.9 Å². The van der Waals surface area contributed by atoms with Crippen LogP contribution in [-0.4, -0.2) is 77.6 Å². The smallest absolute Gasteiger partial charge is 0.414 e. The van der Waals surface area contributed by atoms with Crippen LogP contribution >= 0.6 is 11.3 Å². The van der Waals surface area contributed by atoms with Crippen molar-refractivity contribution in [3.05, 3.63) is 155 Å². The summed E-state index contributed by atoms with van der Waals surface area (Å²) in [5, 5.41) is 17.3. The number of anilines is 1. The zero-order chi connectivity index (χ0) is 50.6. The molecule has 20 heteroatoms. The average Bonchev–Trinajstić information content (AvgIpc) is 3.82. The number of rotatable bonds is 24. The van der Waals surface area contributed by atoms with E-state index in [-0.39, 0.29) is 75.1 Å². The number of aliphatic imine (C=N–C) groups is 1. The van der Waals surface area contributed by atoms with Crippen LogP contribution in [0.25, 0.3) is 0 Å². The van der Waals surface area contributed by atoms with Crippen LogP contribution in [-0.2, 0) is 71.0 Å². The van der Waals surface area contributed by atoms with E-state index < -0.39 is 60.5 Å². The maximum absolute atomic E-state index is 13.8. The molecule has 0 aliphatic rings. The Balaban J connectivity index is 1.22. The Morgan fingerprint density at radius 2 is 1.06 bits per heavy atom. The molecule has 374 valence electrons. The third kappa shape index (κ3) is 20.6. The molecule has 0 fully saturated rings. The molecule has 0 aliphatic carbocycles. The number of aromatic nitrogens is 1. The summed E-state index contributed by atoms with van der Waals surface area (Å²) >= 11 is 1.02. The highest BCUT2D eigenvalue weighted by Gasteiger charge is 2.27. The number of carbonyl (C=O) groups excluding carboxylic acids is 7. The molecule has 0 saturated carbocycles. The number of hydrogen-bond acceptors (Lipinski definition) is 14. The fourth-order valence-electron chi connectivity index (χ4n) is 6.50. The van der Waals surface area contributed by atoms with E-state index in [0.717, 1.165) is 33.6 Å². The van der Waals surface area contributed by atoms with Gasteiger partial charge in [-0.3, -0.25) is 34.8 Å². The second-order valence-corrected chi connectivity index (χ2v) is 16.7. The molecule has 19 nitrogen and oxygen atoms in total. The molecule has 6 N–H and O–H groups in total. The summed E-state index contributed by atoms with van der Waals surface area (Å²) in [5.74, 6) is -2.77. The van der Waals surface area contributed by atoms with E-state index in [1.165, 1.54) is 0 Å². The van der Waals surface area contributed by atoms with E-state index in [2.05, 4.69) is 41.9 Å². The van der Waals surface area contributed by atoms with Gasteiger partial charge in [0, 0.05) is 18.0 Å². The van der Waals surface area contributed by atoms with E-state index in [1.807, 2.05) is 50.2 Å². The monoisotopic (exact) mass is 990 g/mol. The van der Waals surface area contributed by atoms with Crippen molar-refractivity contribution in [2.75, 3.05) is 11.9 Å². The number of esters is 1. The SMILES string of the molecule is CCC(CC)NC(=O)[C@H](CC(=O)OCc1ccccc1)NC(=O)Cc1csc(NC(=O)[C@H](CCCN=C(NC(=O)OCc2ccccc2)NC(=O)OCc2ccccc2)NC(=O)OCc2ccccc2)n1. The number of ether oxygens (including phenoxy) is 4. The van der Waals surface area contributed by atoms with Crippen molar-refractivity contribution in [2.45, 2.75) is 96.9 Å². The van der Waals surface area contributed by atoms with Crippen LogP contribution in [0.15, 0.2) is 132 Å². The average molecular weight is 991 g/mol. The fourth-order valence-corrected chi connectivity index (χ4v) is 7.21. The highest BCUT2D eigenvalue weighted by molar-refractivity contribution is 7.14. The molecule has 0 aliphatic heterocycles. The van der Waals surface area contributed by atoms with Crippen LogP contribution in [0.3, 0.4) is 0 Å². The van der Waals surface area contributed by atoms with Crippen molar-refractivity contribution in [1.29, 1.82) is 0 Å². The standard InChI is InChI=1S/C51H58N8O11S/c1-3-39(4-2)53-46(63)42(29-44(61)67-30-35-18-9-5-10-19-35)55-43(60)28-40-34-71-48(54-40)57-45(62)41(56-49(64)68-31-36-20-11-6-12-21-36)26-17-27-52-47(58-50(65)69-32-37-22-13-7-14-23-37)59-51(66)70-33-38-24-15-8-16-25-38/h5-16,18-25,34,39,41-42H,3-4,17,26-33H2,1-2H3,(H,53,63)(H,55,60)(H,56,64)(H,54,57,62)(H2,52,58,59,65,66)/t41-,42-/m0/s1. The normalized spacial score (nSPS) is 11.4. The maximum atomic E-state index is 13.8. The first-order chi connectivity index (χ1) is 34.5. The summed E-state index contributed by atoms with van der Waals surface area (Å²) in [6.45, 7) is 3.59. The van der Waals surface area contributed by atoms with Gasteiger partial charge in [-0.25, -0.2) is 19.4 Å². The zero-order valence-electron chi connectivity index (χ0n) is 39.4. The Labute approximate surface area is 415 Å². The lowest BCUT2D eigenvalue weighted by molar-refractivity contribution is -0.147. The predicted octanol–water partition coefficient (Wildman–Crippen LogP) is 6.83. The van der Waals surface area contributed by atoms with Crippen molar-refractivity contribution < 1.29 is 52.5 Å². The summed E-state index contributed by atoms with van der Waals surface area (Å²) in [6, 6.07) is 33.3. The number of amides is 6. The summed E-state index contributed by atoms with van der Waals surface area (Å²) in [5.41, 5.74) is 3.20. The molecular weight excluding hydrogens is 933 g/mol. The van der Waals surface area contributed by atoms with E-state index in [4.69, 9.17) is 18.9 Å². The van der Waals surface area contributed by atoms with Gasteiger partial charge in [-0.15, -0.1) is 11.3 Å². The lowest BCUT2D eigenvalue weighted by atomic mass is 10.1. The Morgan fingerprint density at radius 3 is 1.55 bits per heavy atom. The molecule has 0 unspecified atom stereocenters. The third-order valence-corrected chi connectivity index (χ3v) is 11.1. The quantitative estimate of drug-likeness (QED) is 0.0122. The van der Waals surface area contributed by atoms with E-state index in [1.54, 1.807) is 90.3 Å². The summed E-state index contributed by atoms with van der Waals surface area (Å²) < 4.78 is 21.4. The molecule has 2 atom stereocenters. The van der Waals surface area contributed by atoms with Gasteiger partial charge in [-0.2, -0.15) is 0 Å². The van der Waals surface area contributed by atoms with Crippen LogP contribution in [0.1, 0.15) is 73.9 Å². The third-order valence-electron chi connectivity index (χ3n) is 10.3. The number of nitrogens with zero attached hydrogens (tertiary/aromatic N) is 2. The van der Waals surface area contributed by atoms with E-state index in [0.29, 0.717) is 12.8 Å². The molecule has 5 aromatic rings. The van der Waals surface area contributed by atoms with E-state index >= 15 is 0 Å². The number of thiazole rings is 1. The van der Waals surface area contributed by atoms with Crippen LogP contribution < -0.4 is 31.9 Å². The number of hydrogen-bond donors (Lipinski definition) is 6. The van der Waals surface area contributed by atoms with Crippen LogP contribution in [0.5, 0.6) is 0 Å². The number of benzene rings is 4. The second-order valence-electron chi connectivity index (χ2n) is 15.8. The summed E-state index contributed by atoms with van der Waals surface area (Å²) in [7, 11) is 0. The van der Waals surface area contributed by atoms with Gasteiger partial charge >= 0.3 is 24.2 Å². The van der Waals surface area contributed by atoms with Crippen molar-refractivity contribution in [3.8, 4) is 0 Å². The van der Waals surface area contributed by atoms with Crippen molar-refractivity contribution in [3.63, 3.8) is 0 Å². The lowest BCUT2D eigenvalue weighted by Crippen LogP contribution is -2.50. The highest BCUT2D eigenvalue weighted by Crippen LogP contribution is 2.17. The van der Waals surface area contributed by atoms with Gasteiger partial charge in [0.25, 0.3) is 0 Å². The molecule has 6 amide bonds. The maximum Gasteiger partial charge on any atom is 0.414 e. The first kappa shape index (κ1) is 53.8. The molecule has 0 spiro atoms. The first-order valence-electron chi connectivity index (χ1n) is 23.0. The number of alkyl carbamates (subject to hydrolysis) is 3. The van der Waals surface area contributed by atoms with Gasteiger partial charge in [-0.1, -0.05) is 135 Å². The number of carbonyl (C=O) groups is 7. The van der Waals surface area contributed by atoms with Crippen molar-refractivity contribution in [2.24, 2.45) is 4.99 Å². The Bertz CT molecular complexity index is 2450. The lowest BCUT2D eigenvalue weighted by Gasteiger charge is -2.21. The van der Waals surface area contributed by atoms with Gasteiger partial charge in [0.2, 0.25) is 23.7 Å². The number of nitrogens with one attached hydrogen (secondary N) is 6. The molecule has 0 bridgehead atoms. The Kier molecular flexibility index (Phi) is 22.5. The topological polar surface area (TPSA) is 254 Å². The van der Waals surface area contributed by atoms with Gasteiger partial charge < -0.3 is 40.2 Å². The van der Waals surface area contributed by atoms with Gasteiger partial charge in [0.15, 0.2) is 5.13 Å². The molecule has 0 saturated heterocycles. The molecule has 71 heavy (non-hydrogen) atoms. The Hall–Kier alpha value is -8.13. The van der Waals surface area contributed by atoms with E-state index in [9.17, 15) is 33.6 Å². The van der Waals surface area contributed by atoms with Gasteiger partial charge in [0.1, 0.15) is 38.5 Å². The second kappa shape index (κ2) is 29.7. The minimum atomic E-state index is -1.23. The zero-order valence-corrected chi connectivity index (χ0v) is 40.2. The minimum Gasteiger partial charge on any atom is -0.461 e. The molecule has 1 aromatic heterocycles. The summed E-state index contributed by atoms with van der Waals surface area (Å²) in [6.07, 6.45) is -1.98. The van der Waals surface area contributed by atoms with Crippen molar-refractivity contribution >= 4 is 64.4 Å². The summed E-state index contributed by atoms with van der Waals surface area (Å²) in [4.78, 5) is 101. The molecule has 5 rings (SSSR count). The van der Waals surface area contributed by atoms with Crippen molar-refractivity contribution in [1.82, 2.24) is 31.6 Å². The molecule has 4 aromatic carbocycles. The largest absolute Gasteiger partial charge is 0.461 e. The van der Waals surface area contributed by atoms with Crippen LogP contribution in [0.2, 0.25) is 0 Å². The van der Waals surface area contributed by atoms with Crippen LogP contribution in [0.4, 0.5) is 19.5 Å². The molecular formula is C51H58N8O11S. The molecule has 0 radical (unpaired) electrons. The Morgan fingerprint density at radius 1 is 0.577 bits per heavy atom. The first-order valence-corrected chi connectivity index (χ1v) is 23.9.